The third-order valence-electron chi connectivity index (χ3n) is 9.78. The standard InChI is InChI=1S/C34H44O19/c1-11-23(38)26(41)29(44)32(48-11)47-10-21-25(40)28(43)31(53-33-30(45)27(42)24(39)12(2)49-33)34(52-21)50-14-7-16(36)22-17(37)9-19(51-20(22)8-14)13-4-5-18(46-3)15(35)6-13/h4-8,11-12,19,21,23-36,38-45H,9-10H2,1-3H3. The molecule has 0 bridgehead atoms. The lowest BCUT2D eigenvalue weighted by Gasteiger charge is -2.46. The van der Waals surface area contributed by atoms with Gasteiger partial charge in [0.25, 0.3) is 0 Å². The summed E-state index contributed by atoms with van der Waals surface area (Å²) in [5.41, 5.74) is 0.270. The Morgan fingerprint density at radius 3 is 2.00 bits per heavy atom. The van der Waals surface area contributed by atoms with Crippen molar-refractivity contribution in [2.75, 3.05) is 13.7 Å². The molecule has 3 fully saturated rings. The Balaban J connectivity index is 1.26. The monoisotopic (exact) mass is 756 g/mol. The molecule has 0 aliphatic carbocycles. The maximum atomic E-state index is 13.2. The van der Waals surface area contributed by atoms with Crippen LogP contribution in [0.15, 0.2) is 30.3 Å². The van der Waals surface area contributed by atoms with E-state index in [0.29, 0.717) is 5.56 Å². The van der Waals surface area contributed by atoms with E-state index in [1.54, 1.807) is 6.07 Å². The Labute approximate surface area is 302 Å². The van der Waals surface area contributed by atoms with E-state index in [-0.39, 0.29) is 35.0 Å². The van der Waals surface area contributed by atoms with E-state index in [2.05, 4.69) is 0 Å². The summed E-state index contributed by atoms with van der Waals surface area (Å²) in [6.07, 6.45) is -24.6. The van der Waals surface area contributed by atoms with Gasteiger partial charge in [-0.3, -0.25) is 4.79 Å². The number of aromatic hydroxyl groups is 2. The van der Waals surface area contributed by atoms with Crippen LogP contribution < -0.4 is 14.2 Å². The van der Waals surface area contributed by atoms with Crippen LogP contribution in [-0.2, 0) is 23.7 Å². The van der Waals surface area contributed by atoms with Crippen molar-refractivity contribution in [3.8, 4) is 28.7 Å². The zero-order valence-corrected chi connectivity index (χ0v) is 28.7. The zero-order chi connectivity index (χ0) is 38.5. The number of aliphatic hydroxyl groups excluding tert-OH is 8. The van der Waals surface area contributed by atoms with Crippen LogP contribution in [-0.4, -0.2) is 163 Å². The Morgan fingerprint density at radius 2 is 1.36 bits per heavy atom. The number of ether oxygens (including phenoxy) is 8. The predicted octanol–water partition coefficient (Wildman–Crippen LogP) is -2.30. The van der Waals surface area contributed by atoms with Crippen LogP contribution in [0.2, 0.25) is 0 Å². The van der Waals surface area contributed by atoms with Gasteiger partial charge in [0.15, 0.2) is 36.0 Å². The Kier molecular flexibility index (Phi) is 11.7. The van der Waals surface area contributed by atoms with Gasteiger partial charge in [-0.25, -0.2) is 0 Å². The highest BCUT2D eigenvalue weighted by Crippen LogP contribution is 2.44. The molecule has 16 atom stereocenters. The number of fused-ring (bicyclic) bond motifs is 1. The number of aliphatic hydroxyl groups is 8. The highest BCUT2D eigenvalue weighted by Gasteiger charge is 2.52. The molecule has 19 heteroatoms. The summed E-state index contributed by atoms with van der Waals surface area (Å²) in [6, 6.07) is 6.77. The van der Waals surface area contributed by atoms with Gasteiger partial charge < -0.3 is 89.0 Å². The van der Waals surface area contributed by atoms with Gasteiger partial charge in [-0.2, -0.15) is 0 Å². The molecule has 19 nitrogen and oxygen atoms in total. The second-order valence-electron chi connectivity index (χ2n) is 13.4. The Morgan fingerprint density at radius 1 is 0.717 bits per heavy atom. The molecule has 4 heterocycles. The van der Waals surface area contributed by atoms with E-state index >= 15 is 0 Å². The quantitative estimate of drug-likeness (QED) is 0.129. The highest BCUT2D eigenvalue weighted by molar-refractivity contribution is 6.02. The molecule has 53 heavy (non-hydrogen) atoms. The maximum Gasteiger partial charge on any atom is 0.229 e. The molecule has 0 radical (unpaired) electrons. The number of methoxy groups -OCH3 is 1. The smallest absolute Gasteiger partial charge is 0.229 e. The maximum absolute atomic E-state index is 13.2. The van der Waals surface area contributed by atoms with Gasteiger partial charge in [0.05, 0.1) is 32.3 Å². The molecule has 0 saturated carbocycles. The lowest BCUT2D eigenvalue weighted by Crippen LogP contribution is -2.65. The van der Waals surface area contributed by atoms with Crippen molar-refractivity contribution in [1.82, 2.24) is 0 Å². The van der Waals surface area contributed by atoms with Crippen LogP contribution >= 0.6 is 0 Å². The summed E-state index contributed by atoms with van der Waals surface area (Å²) in [5, 5.41) is 105. The van der Waals surface area contributed by atoms with E-state index < -0.39 is 116 Å². The SMILES string of the molecule is COc1ccc(C2CC(=O)c3c(O)cc(OC4OC(COC5OC(C)C(O)C(O)C5O)C(O)C(O)C4OC4OC(C)C(O)C(O)C4O)cc3O2)cc1O. The van der Waals surface area contributed by atoms with Gasteiger partial charge in [-0.05, 0) is 31.5 Å². The topological polar surface area (TPSA) is 293 Å². The normalized spacial score (nSPS) is 40.2. The van der Waals surface area contributed by atoms with Crippen molar-refractivity contribution in [2.24, 2.45) is 0 Å². The third-order valence-corrected chi connectivity index (χ3v) is 9.78. The number of hydrogen-bond donors (Lipinski definition) is 10. The zero-order valence-electron chi connectivity index (χ0n) is 28.7. The number of hydrogen-bond acceptors (Lipinski definition) is 19. The molecule has 10 N–H and O–H groups in total. The Hall–Kier alpha value is -3.41. The van der Waals surface area contributed by atoms with Crippen LogP contribution in [0.25, 0.3) is 0 Å². The van der Waals surface area contributed by atoms with Crippen molar-refractivity contribution in [3.63, 3.8) is 0 Å². The first-order chi connectivity index (χ1) is 25.1. The number of ketones is 1. The largest absolute Gasteiger partial charge is 0.507 e. The van der Waals surface area contributed by atoms with Crippen LogP contribution in [0.1, 0.15) is 42.3 Å². The van der Waals surface area contributed by atoms with Gasteiger partial charge in [-0.1, -0.05) is 6.07 Å². The van der Waals surface area contributed by atoms with E-state index in [1.807, 2.05) is 0 Å². The fraction of sp³-hybridized carbons (Fsp3) is 0.618. The Bertz CT molecular complexity index is 1610. The molecule has 0 amide bonds. The first kappa shape index (κ1) is 39.3. The summed E-state index contributed by atoms with van der Waals surface area (Å²) in [7, 11) is 1.38. The summed E-state index contributed by atoms with van der Waals surface area (Å²) in [6.45, 7) is 2.25. The fourth-order valence-electron chi connectivity index (χ4n) is 6.61. The minimum absolute atomic E-state index is 0.111. The molecular weight excluding hydrogens is 712 g/mol. The van der Waals surface area contributed by atoms with Crippen molar-refractivity contribution in [1.29, 1.82) is 0 Å². The van der Waals surface area contributed by atoms with Gasteiger partial charge in [0.1, 0.15) is 83.9 Å². The third kappa shape index (κ3) is 7.76. The number of phenolic OH excluding ortho intramolecular Hbond substituents is 2. The van der Waals surface area contributed by atoms with Crippen molar-refractivity contribution < 1.29 is 93.8 Å². The van der Waals surface area contributed by atoms with Gasteiger partial charge in [-0.15, -0.1) is 0 Å². The lowest BCUT2D eigenvalue weighted by molar-refractivity contribution is -0.360. The van der Waals surface area contributed by atoms with Gasteiger partial charge in [0.2, 0.25) is 6.29 Å². The molecule has 4 aliphatic heterocycles. The minimum atomic E-state index is -1.89. The van der Waals surface area contributed by atoms with Crippen molar-refractivity contribution >= 4 is 5.78 Å². The first-order valence-electron chi connectivity index (χ1n) is 16.9. The second-order valence-corrected chi connectivity index (χ2v) is 13.4. The van der Waals surface area contributed by atoms with Gasteiger partial charge >= 0.3 is 0 Å². The molecule has 0 aromatic heterocycles. The van der Waals surface area contributed by atoms with Crippen LogP contribution in [0.4, 0.5) is 0 Å². The molecule has 294 valence electrons. The van der Waals surface area contributed by atoms with Crippen molar-refractivity contribution in [3.05, 3.63) is 41.5 Å². The first-order valence-corrected chi connectivity index (χ1v) is 16.9. The number of benzene rings is 2. The summed E-state index contributed by atoms with van der Waals surface area (Å²) in [4.78, 5) is 13.2. The van der Waals surface area contributed by atoms with E-state index in [0.717, 1.165) is 6.07 Å². The summed E-state index contributed by atoms with van der Waals surface area (Å²) in [5.74, 6) is -1.32. The molecule has 6 rings (SSSR count). The molecular formula is C34H44O19. The van der Waals surface area contributed by atoms with Gasteiger partial charge in [0, 0.05) is 12.1 Å². The summed E-state index contributed by atoms with van der Waals surface area (Å²) < 4.78 is 45.5. The van der Waals surface area contributed by atoms with Crippen LogP contribution in [0, 0.1) is 0 Å². The van der Waals surface area contributed by atoms with Crippen molar-refractivity contribution in [2.45, 2.75) is 118 Å². The highest BCUT2D eigenvalue weighted by atomic mass is 16.8. The van der Waals surface area contributed by atoms with E-state index in [9.17, 15) is 55.9 Å². The van der Waals surface area contributed by atoms with E-state index in [4.69, 9.17) is 37.9 Å². The average molecular weight is 757 g/mol. The van der Waals surface area contributed by atoms with Crippen LogP contribution in [0.5, 0.6) is 28.7 Å². The second kappa shape index (κ2) is 15.7. The van der Waals surface area contributed by atoms with E-state index in [1.165, 1.54) is 39.2 Å². The fourth-order valence-corrected chi connectivity index (χ4v) is 6.61. The molecule has 2 aromatic rings. The van der Waals surface area contributed by atoms with Crippen LogP contribution in [0.3, 0.4) is 0 Å². The number of carbonyl (C=O) groups excluding carboxylic acids is 1. The minimum Gasteiger partial charge on any atom is -0.507 e. The number of carbonyl (C=O) groups is 1. The molecule has 2 aromatic carbocycles. The predicted molar refractivity (Wildman–Crippen MR) is 172 cm³/mol. The molecule has 16 unspecified atom stereocenters. The number of rotatable bonds is 9. The number of phenols is 2. The molecule has 4 aliphatic rings. The average Bonchev–Trinajstić information content (AvgIpc) is 3.12. The lowest BCUT2D eigenvalue weighted by atomic mass is 9.95. The summed E-state index contributed by atoms with van der Waals surface area (Å²) >= 11 is 0. The molecule has 3 saturated heterocycles. The molecule has 0 spiro atoms. The number of Topliss-reactive ketones (excluding diaryl/α,β-unsaturated/α-hetero) is 1.